The van der Waals surface area contributed by atoms with Gasteiger partial charge in [-0.3, -0.25) is 0 Å². The highest BCUT2D eigenvalue weighted by Gasteiger charge is 2.09. The van der Waals surface area contributed by atoms with Crippen LogP contribution in [0.2, 0.25) is 0 Å². The molecule has 0 aliphatic heterocycles. The van der Waals surface area contributed by atoms with Crippen LogP contribution in [0, 0.1) is 0 Å². The maximum absolute atomic E-state index is 4.27. The molecule has 3 nitrogen and oxygen atoms in total. The summed E-state index contributed by atoms with van der Waals surface area (Å²) in [7, 11) is 0. The molecule has 0 N–H and O–H groups in total. The van der Waals surface area contributed by atoms with E-state index in [4.69, 9.17) is 0 Å². The average molecular weight is 315 g/mol. The monoisotopic (exact) mass is 315 g/mol. The zero-order valence-electron chi connectivity index (χ0n) is 8.84. The number of hydrogen-bond acceptors (Lipinski definition) is 1. The van der Waals surface area contributed by atoms with Crippen molar-refractivity contribution in [1.82, 2.24) is 9.78 Å². The molecule has 0 unspecified atom stereocenters. The molecule has 4 heteroatoms. The Labute approximate surface area is 107 Å². The normalized spacial score (nSPS) is 10.1. The van der Waals surface area contributed by atoms with E-state index in [0.29, 0.717) is 6.04 Å². The van der Waals surface area contributed by atoms with Gasteiger partial charge in [-0.2, -0.15) is 0 Å². The molecule has 0 fully saturated rings. The van der Waals surface area contributed by atoms with Gasteiger partial charge in [0.15, 0.2) is 0 Å². The van der Waals surface area contributed by atoms with Crippen LogP contribution in [0.1, 0.15) is 19.9 Å². The van der Waals surface area contributed by atoms with Gasteiger partial charge in [-0.25, -0.2) is 4.57 Å². The first kappa shape index (κ1) is 12.2. The highest BCUT2D eigenvalue weighted by molar-refractivity contribution is 5.20. The Morgan fingerprint density at radius 1 is 1.20 bits per heavy atom. The van der Waals surface area contributed by atoms with Crippen molar-refractivity contribution in [2.45, 2.75) is 19.9 Å². The molecule has 0 aliphatic carbocycles. The van der Waals surface area contributed by atoms with Crippen LogP contribution in [0.3, 0.4) is 0 Å². The van der Waals surface area contributed by atoms with Gasteiger partial charge in [-0.15, -0.1) is 4.68 Å². The van der Waals surface area contributed by atoms with E-state index in [0.717, 1.165) is 5.69 Å². The van der Waals surface area contributed by atoms with Crippen LogP contribution in [-0.4, -0.2) is 9.78 Å². The van der Waals surface area contributed by atoms with Gasteiger partial charge in [0.1, 0.15) is 11.7 Å². The molecule has 1 aromatic carbocycles. The molecular weight excluding hydrogens is 301 g/mol. The molecule has 1 aromatic heterocycles. The molecule has 0 aliphatic rings. The third kappa shape index (κ3) is 2.77. The standard InChI is InChI=1S/C11H14N3.HI/c1-10(2)14-9-13(8-12-14)11-6-4-3-5-7-11;/h3-10H,1-2H3;1H/q+1;/p-1. The van der Waals surface area contributed by atoms with Crippen LogP contribution in [-0.2, 0) is 0 Å². The van der Waals surface area contributed by atoms with E-state index < -0.39 is 0 Å². The van der Waals surface area contributed by atoms with Crippen molar-refractivity contribution in [2.24, 2.45) is 0 Å². The van der Waals surface area contributed by atoms with Gasteiger partial charge in [0, 0.05) is 5.10 Å². The third-order valence-electron chi connectivity index (χ3n) is 2.14. The molecule has 0 saturated carbocycles. The molecule has 0 radical (unpaired) electrons. The fourth-order valence-electron chi connectivity index (χ4n) is 1.30. The predicted octanol–water partition coefficient (Wildman–Crippen LogP) is -1.26. The van der Waals surface area contributed by atoms with Crippen molar-refractivity contribution in [1.29, 1.82) is 0 Å². The lowest BCUT2D eigenvalue weighted by molar-refractivity contribution is -0.596. The Morgan fingerprint density at radius 2 is 1.87 bits per heavy atom. The van der Waals surface area contributed by atoms with E-state index >= 15 is 0 Å². The predicted molar refractivity (Wildman–Crippen MR) is 54.1 cm³/mol. The number of aromatic nitrogens is 3. The molecule has 15 heavy (non-hydrogen) atoms. The van der Waals surface area contributed by atoms with Gasteiger partial charge < -0.3 is 24.0 Å². The summed E-state index contributed by atoms with van der Waals surface area (Å²) in [5.74, 6) is 0. The van der Waals surface area contributed by atoms with Crippen molar-refractivity contribution in [3.8, 4) is 5.69 Å². The highest BCUT2D eigenvalue weighted by Crippen LogP contribution is 2.00. The Bertz CT molecular complexity index is 409. The summed E-state index contributed by atoms with van der Waals surface area (Å²) in [6.45, 7) is 4.23. The second-order valence-corrected chi connectivity index (χ2v) is 3.56. The highest BCUT2D eigenvalue weighted by atomic mass is 127. The second-order valence-electron chi connectivity index (χ2n) is 3.56. The molecule has 80 valence electrons. The minimum Gasteiger partial charge on any atom is -1.00 e. The van der Waals surface area contributed by atoms with E-state index in [2.05, 4.69) is 31.1 Å². The van der Waals surface area contributed by atoms with Gasteiger partial charge in [-0.1, -0.05) is 18.2 Å². The van der Waals surface area contributed by atoms with E-state index in [1.165, 1.54) is 0 Å². The summed E-state index contributed by atoms with van der Waals surface area (Å²) in [5.41, 5.74) is 1.14. The van der Waals surface area contributed by atoms with Gasteiger partial charge in [0.2, 0.25) is 6.33 Å². The molecule has 0 spiro atoms. The largest absolute Gasteiger partial charge is 1.00 e. The minimum atomic E-state index is 0. The number of rotatable bonds is 2. The fraction of sp³-hybridized carbons (Fsp3) is 0.273. The van der Waals surface area contributed by atoms with E-state index in [1.807, 2.05) is 40.1 Å². The van der Waals surface area contributed by atoms with Crippen molar-refractivity contribution >= 4 is 0 Å². The van der Waals surface area contributed by atoms with Crippen LogP contribution in [0.25, 0.3) is 5.69 Å². The number of halogens is 1. The van der Waals surface area contributed by atoms with Crippen LogP contribution >= 0.6 is 0 Å². The first-order chi connectivity index (χ1) is 6.77. The van der Waals surface area contributed by atoms with Gasteiger partial charge in [0.05, 0.1) is 0 Å². The molecule has 2 aromatic rings. The molecular formula is C11H14IN3. The zero-order valence-corrected chi connectivity index (χ0v) is 11.0. The number of hydrogen-bond donors (Lipinski definition) is 0. The number of benzene rings is 1. The van der Waals surface area contributed by atoms with Gasteiger partial charge >= 0.3 is 0 Å². The van der Waals surface area contributed by atoms with E-state index in [-0.39, 0.29) is 24.0 Å². The summed E-state index contributed by atoms with van der Waals surface area (Å²) >= 11 is 0. The Kier molecular flexibility index (Phi) is 4.26. The summed E-state index contributed by atoms with van der Waals surface area (Å²) in [4.78, 5) is 0. The van der Waals surface area contributed by atoms with Crippen LogP contribution in [0.5, 0.6) is 0 Å². The average Bonchev–Trinajstić information content (AvgIpc) is 2.68. The van der Waals surface area contributed by atoms with Crippen molar-refractivity contribution in [3.05, 3.63) is 43.0 Å². The van der Waals surface area contributed by atoms with E-state index in [9.17, 15) is 0 Å². The first-order valence-corrected chi connectivity index (χ1v) is 4.78. The van der Waals surface area contributed by atoms with Gasteiger partial charge in [0.25, 0.3) is 6.33 Å². The zero-order chi connectivity index (χ0) is 9.97. The summed E-state index contributed by atoms with van der Waals surface area (Å²) < 4.78 is 3.95. The van der Waals surface area contributed by atoms with Crippen LogP contribution in [0.15, 0.2) is 43.0 Å². The van der Waals surface area contributed by atoms with Crippen molar-refractivity contribution in [3.63, 3.8) is 0 Å². The quantitative estimate of drug-likeness (QED) is 0.501. The van der Waals surface area contributed by atoms with Crippen molar-refractivity contribution in [2.75, 3.05) is 0 Å². The molecule has 0 saturated heterocycles. The molecule has 0 amide bonds. The van der Waals surface area contributed by atoms with Crippen molar-refractivity contribution < 1.29 is 28.5 Å². The SMILES string of the molecule is CC(C)n1c[n+](-c2ccccc2)cn1.[I-]. The Balaban J connectivity index is 0.00000112. The maximum atomic E-state index is 4.27. The third-order valence-corrected chi connectivity index (χ3v) is 2.14. The topological polar surface area (TPSA) is 21.7 Å². The summed E-state index contributed by atoms with van der Waals surface area (Å²) in [5, 5.41) is 4.27. The fourth-order valence-corrected chi connectivity index (χ4v) is 1.30. The van der Waals surface area contributed by atoms with Gasteiger partial charge in [-0.05, 0) is 26.0 Å². The summed E-state index contributed by atoms with van der Waals surface area (Å²) in [6.07, 6.45) is 3.83. The Hall–Kier alpha value is -0.910. The van der Waals surface area contributed by atoms with E-state index in [1.54, 1.807) is 0 Å². The number of nitrogens with zero attached hydrogens (tertiary/aromatic N) is 3. The lowest BCUT2D eigenvalue weighted by Crippen LogP contribution is -3.00. The minimum absolute atomic E-state index is 0. The Morgan fingerprint density at radius 3 is 2.40 bits per heavy atom. The molecule has 0 atom stereocenters. The second kappa shape index (κ2) is 5.25. The first-order valence-electron chi connectivity index (χ1n) is 4.78. The van der Waals surface area contributed by atoms with Crippen LogP contribution in [0.4, 0.5) is 0 Å². The smallest absolute Gasteiger partial charge is 0.270 e. The maximum Gasteiger partial charge on any atom is 0.270 e. The molecule has 0 bridgehead atoms. The lowest BCUT2D eigenvalue weighted by atomic mass is 10.3. The van der Waals surface area contributed by atoms with Crippen LogP contribution < -0.4 is 28.5 Å². The molecule has 2 rings (SSSR count). The lowest BCUT2D eigenvalue weighted by Gasteiger charge is -1.95. The summed E-state index contributed by atoms with van der Waals surface area (Å²) in [6, 6.07) is 10.6. The number of para-hydroxylation sites is 1. The molecule has 1 heterocycles.